The van der Waals surface area contributed by atoms with Gasteiger partial charge in [-0.1, -0.05) is 25.0 Å². The molecule has 0 unspecified atom stereocenters. The molecule has 0 aliphatic heterocycles. The predicted molar refractivity (Wildman–Crippen MR) is 75.3 cm³/mol. The van der Waals surface area contributed by atoms with Crippen molar-refractivity contribution in [1.82, 2.24) is 14.6 Å². The van der Waals surface area contributed by atoms with Gasteiger partial charge in [0.25, 0.3) is 0 Å². The number of nitrogens with zero attached hydrogens (tertiary/aromatic N) is 3. The van der Waals surface area contributed by atoms with Gasteiger partial charge in [0, 0.05) is 6.20 Å². The second-order valence-electron chi connectivity index (χ2n) is 4.58. The fraction of sp³-hybridized carbons (Fsp3) is 0.538. The zero-order chi connectivity index (χ0) is 12.8. The minimum atomic E-state index is 0.583. The van der Waals surface area contributed by atoms with Crippen molar-refractivity contribution in [3.8, 4) is 6.01 Å². The average Bonchev–Trinajstić information content (AvgIpc) is 2.77. The van der Waals surface area contributed by atoms with Crippen LogP contribution in [0.1, 0.15) is 20.3 Å². The zero-order valence-corrected chi connectivity index (χ0v) is 11.7. The summed E-state index contributed by atoms with van der Waals surface area (Å²) in [7, 11) is 0. The van der Waals surface area contributed by atoms with Crippen molar-refractivity contribution < 1.29 is 4.74 Å². The Kier molecular flexibility index (Phi) is 4.87. The van der Waals surface area contributed by atoms with Crippen LogP contribution in [0.25, 0.3) is 5.65 Å². The highest BCUT2D eigenvalue weighted by atomic mass is 32.2. The first-order valence-electron chi connectivity index (χ1n) is 6.27. The van der Waals surface area contributed by atoms with E-state index in [0.29, 0.717) is 12.6 Å². The van der Waals surface area contributed by atoms with Crippen molar-refractivity contribution in [2.75, 3.05) is 18.1 Å². The van der Waals surface area contributed by atoms with E-state index in [4.69, 9.17) is 4.74 Å². The number of fused-ring (bicyclic) bond motifs is 1. The predicted octanol–water partition coefficient (Wildman–Crippen LogP) is 2.89. The van der Waals surface area contributed by atoms with E-state index >= 15 is 0 Å². The van der Waals surface area contributed by atoms with E-state index in [-0.39, 0.29) is 0 Å². The van der Waals surface area contributed by atoms with E-state index < -0.39 is 0 Å². The monoisotopic (exact) mass is 265 g/mol. The van der Waals surface area contributed by atoms with Crippen LogP contribution >= 0.6 is 11.8 Å². The fourth-order valence-electron chi connectivity index (χ4n) is 1.56. The summed E-state index contributed by atoms with van der Waals surface area (Å²) in [5.74, 6) is 3.11. The van der Waals surface area contributed by atoms with Crippen molar-refractivity contribution >= 4 is 17.4 Å². The first-order valence-corrected chi connectivity index (χ1v) is 7.43. The molecule has 2 aromatic rings. The largest absolute Gasteiger partial charge is 0.463 e. The van der Waals surface area contributed by atoms with Crippen LogP contribution < -0.4 is 4.74 Å². The lowest BCUT2D eigenvalue weighted by Gasteiger charge is -2.05. The van der Waals surface area contributed by atoms with Crippen LogP contribution in [0.4, 0.5) is 0 Å². The van der Waals surface area contributed by atoms with E-state index in [1.165, 1.54) is 5.75 Å². The van der Waals surface area contributed by atoms with E-state index in [1.54, 1.807) is 0 Å². The zero-order valence-electron chi connectivity index (χ0n) is 10.9. The lowest BCUT2D eigenvalue weighted by molar-refractivity contribution is 0.290. The minimum absolute atomic E-state index is 0.583. The van der Waals surface area contributed by atoms with E-state index in [1.807, 2.05) is 40.6 Å². The summed E-state index contributed by atoms with van der Waals surface area (Å²) >= 11 is 1.98. The molecule has 0 N–H and O–H groups in total. The van der Waals surface area contributed by atoms with Gasteiger partial charge in [-0.15, -0.1) is 5.10 Å². The first kappa shape index (κ1) is 13.2. The molecule has 0 aliphatic carbocycles. The summed E-state index contributed by atoms with van der Waals surface area (Å²) in [4.78, 5) is 0. The smallest absolute Gasteiger partial charge is 0.321 e. The van der Waals surface area contributed by atoms with E-state index in [0.717, 1.165) is 23.7 Å². The van der Waals surface area contributed by atoms with Gasteiger partial charge >= 0.3 is 6.01 Å². The van der Waals surface area contributed by atoms with Crippen molar-refractivity contribution in [3.05, 3.63) is 24.4 Å². The molecule has 4 nitrogen and oxygen atoms in total. The molecule has 0 aliphatic rings. The molecular formula is C13H19N3OS. The van der Waals surface area contributed by atoms with Gasteiger partial charge in [0.2, 0.25) is 0 Å². The van der Waals surface area contributed by atoms with Gasteiger partial charge in [-0.3, -0.25) is 4.40 Å². The highest BCUT2D eigenvalue weighted by Gasteiger charge is 2.04. The van der Waals surface area contributed by atoms with Crippen LogP contribution in [0.5, 0.6) is 6.01 Å². The van der Waals surface area contributed by atoms with Gasteiger partial charge in [0.1, 0.15) is 0 Å². The molecule has 0 saturated carbocycles. The molecule has 98 valence electrons. The lowest BCUT2D eigenvalue weighted by atomic mass is 10.3. The third-order valence-corrected chi connectivity index (χ3v) is 3.88. The van der Waals surface area contributed by atoms with Crippen LogP contribution in [0.3, 0.4) is 0 Å². The molecular weight excluding hydrogens is 246 g/mol. The molecule has 2 rings (SSSR count). The lowest BCUT2D eigenvalue weighted by Crippen LogP contribution is -2.03. The number of hydrogen-bond acceptors (Lipinski definition) is 4. The van der Waals surface area contributed by atoms with Gasteiger partial charge in [-0.05, 0) is 36.0 Å². The Morgan fingerprint density at radius 1 is 1.33 bits per heavy atom. The number of rotatable bonds is 7. The molecule has 2 heterocycles. The van der Waals surface area contributed by atoms with Gasteiger partial charge < -0.3 is 4.74 Å². The maximum Gasteiger partial charge on any atom is 0.321 e. The Morgan fingerprint density at radius 3 is 3.06 bits per heavy atom. The van der Waals surface area contributed by atoms with Gasteiger partial charge in [0.15, 0.2) is 5.65 Å². The average molecular weight is 265 g/mol. The molecule has 2 aromatic heterocycles. The quantitative estimate of drug-likeness (QED) is 0.722. The molecule has 0 radical (unpaired) electrons. The summed E-state index contributed by atoms with van der Waals surface area (Å²) in [6.45, 7) is 5.18. The van der Waals surface area contributed by atoms with Crippen LogP contribution in [-0.2, 0) is 0 Å². The number of aromatic nitrogens is 3. The molecule has 0 fully saturated rings. The Morgan fingerprint density at radius 2 is 2.22 bits per heavy atom. The Labute approximate surface area is 112 Å². The Balaban J connectivity index is 1.74. The summed E-state index contributed by atoms with van der Waals surface area (Å²) in [5.41, 5.74) is 0.821. The molecule has 0 atom stereocenters. The maximum absolute atomic E-state index is 5.64. The SMILES string of the molecule is CC(C)CSCCCOc1nnc2ccccn12. The highest BCUT2D eigenvalue weighted by molar-refractivity contribution is 7.99. The first-order chi connectivity index (χ1) is 8.77. The van der Waals surface area contributed by atoms with Crippen LogP contribution in [-0.4, -0.2) is 32.7 Å². The van der Waals surface area contributed by atoms with Crippen LogP contribution in [0, 0.1) is 5.92 Å². The molecule has 0 spiro atoms. The third kappa shape index (κ3) is 3.63. The molecule has 18 heavy (non-hydrogen) atoms. The van der Waals surface area contributed by atoms with Crippen molar-refractivity contribution in [2.24, 2.45) is 5.92 Å². The van der Waals surface area contributed by atoms with Crippen LogP contribution in [0.15, 0.2) is 24.4 Å². The number of thioether (sulfide) groups is 1. The molecule has 0 aromatic carbocycles. The topological polar surface area (TPSA) is 39.4 Å². The molecule has 0 amide bonds. The number of hydrogen-bond donors (Lipinski definition) is 0. The fourth-order valence-corrected chi connectivity index (χ4v) is 2.52. The normalized spacial score (nSPS) is 11.3. The molecule has 0 saturated heterocycles. The van der Waals surface area contributed by atoms with E-state index in [9.17, 15) is 0 Å². The van der Waals surface area contributed by atoms with Crippen LogP contribution in [0.2, 0.25) is 0 Å². The Hall–Kier alpha value is -1.23. The maximum atomic E-state index is 5.64. The second-order valence-corrected chi connectivity index (χ2v) is 5.73. The van der Waals surface area contributed by atoms with Gasteiger partial charge in [0.05, 0.1) is 6.61 Å². The summed E-state index contributed by atoms with van der Waals surface area (Å²) in [6, 6.07) is 6.38. The third-order valence-electron chi connectivity index (χ3n) is 2.40. The summed E-state index contributed by atoms with van der Waals surface area (Å²) in [6.07, 6.45) is 2.96. The van der Waals surface area contributed by atoms with Crippen molar-refractivity contribution in [1.29, 1.82) is 0 Å². The van der Waals surface area contributed by atoms with Crippen molar-refractivity contribution in [3.63, 3.8) is 0 Å². The van der Waals surface area contributed by atoms with Gasteiger partial charge in [-0.25, -0.2) is 0 Å². The summed E-state index contributed by atoms with van der Waals surface area (Å²) in [5, 5.41) is 8.06. The van der Waals surface area contributed by atoms with Crippen molar-refractivity contribution in [2.45, 2.75) is 20.3 Å². The summed E-state index contributed by atoms with van der Waals surface area (Å²) < 4.78 is 7.50. The van der Waals surface area contributed by atoms with E-state index in [2.05, 4.69) is 24.0 Å². The Bertz CT molecular complexity index is 484. The standard InChI is InChI=1S/C13H19N3OS/c1-11(2)10-18-9-5-8-17-13-15-14-12-6-3-4-7-16(12)13/h3-4,6-7,11H,5,8-10H2,1-2H3. The number of pyridine rings is 1. The highest BCUT2D eigenvalue weighted by Crippen LogP contribution is 2.11. The number of ether oxygens (including phenoxy) is 1. The molecule has 0 bridgehead atoms. The minimum Gasteiger partial charge on any atom is -0.463 e. The second kappa shape index (κ2) is 6.64. The molecule has 5 heteroatoms. The van der Waals surface area contributed by atoms with Gasteiger partial charge in [-0.2, -0.15) is 11.8 Å².